The first kappa shape index (κ1) is 18.0. The van der Waals surface area contributed by atoms with Gasteiger partial charge < -0.3 is 11.1 Å². The molecule has 0 unspecified atom stereocenters. The number of likely N-dealkylation sites (tertiary alicyclic amines) is 1. The van der Waals surface area contributed by atoms with E-state index in [9.17, 15) is 4.79 Å². The lowest BCUT2D eigenvalue weighted by Crippen LogP contribution is -2.46. The first-order chi connectivity index (χ1) is 8.24. The van der Waals surface area contributed by atoms with E-state index in [0.717, 1.165) is 38.2 Å². The lowest BCUT2D eigenvalue weighted by atomic mass is 10.1. The Labute approximate surface area is 125 Å². The summed E-state index contributed by atoms with van der Waals surface area (Å²) in [5.74, 6) is 0. The Morgan fingerprint density at radius 3 is 2.58 bits per heavy atom. The van der Waals surface area contributed by atoms with Gasteiger partial charge in [0.05, 0.1) is 5.69 Å². The van der Waals surface area contributed by atoms with Crippen molar-refractivity contribution in [1.29, 1.82) is 0 Å². The van der Waals surface area contributed by atoms with Crippen LogP contribution in [0.25, 0.3) is 0 Å². The van der Waals surface area contributed by atoms with Gasteiger partial charge in [0.1, 0.15) is 0 Å². The van der Waals surface area contributed by atoms with Gasteiger partial charge in [0.25, 0.3) is 0 Å². The van der Waals surface area contributed by atoms with Crippen molar-refractivity contribution in [1.82, 2.24) is 15.2 Å². The van der Waals surface area contributed by atoms with Gasteiger partial charge in [-0.25, -0.2) is 4.79 Å². The number of amides is 2. The number of piperidine rings is 1. The smallest absolute Gasteiger partial charge is 0.312 e. The zero-order valence-corrected chi connectivity index (χ0v) is 12.3. The summed E-state index contributed by atoms with van der Waals surface area (Å²) in [7, 11) is 0. The molecular weight excluding hydrogens is 287 g/mol. The van der Waals surface area contributed by atoms with Crippen molar-refractivity contribution in [2.45, 2.75) is 25.4 Å². The molecule has 2 amide bonds. The number of primary amides is 1. The van der Waals surface area contributed by atoms with Crippen molar-refractivity contribution < 1.29 is 4.79 Å². The first-order valence-corrected chi connectivity index (χ1v) is 5.92. The van der Waals surface area contributed by atoms with Crippen molar-refractivity contribution in [3.05, 3.63) is 30.1 Å². The predicted octanol–water partition coefficient (Wildman–Crippen LogP) is 1.56. The second kappa shape index (κ2) is 8.96. The summed E-state index contributed by atoms with van der Waals surface area (Å²) in [5.41, 5.74) is 6.20. The fourth-order valence-electron chi connectivity index (χ4n) is 2.16. The number of hydrogen-bond donors (Lipinski definition) is 2. The molecule has 0 bridgehead atoms. The monoisotopic (exact) mass is 306 g/mol. The van der Waals surface area contributed by atoms with E-state index in [-0.39, 0.29) is 30.9 Å². The first-order valence-electron chi connectivity index (χ1n) is 5.92. The van der Waals surface area contributed by atoms with Gasteiger partial charge in [-0.05, 0) is 25.0 Å². The van der Waals surface area contributed by atoms with Crippen LogP contribution in [0.2, 0.25) is 0 Å². The van der Waals surface area contributed by atoms with Crippen LogP contribution in [-0.2, 0) is 6.54 Å². The highest BCUT2D eigenvalue weighted by Gasteiger charge is 2.19. The van der Waals surface area contributed by atoms with Crippen molar-refractivity contribution in [3.63, 3.8) is 0 Å². The molecule has 1 aliphatic heterocycles. The van der Waals surface area contributed by atoms with Gasteiger partial charge in [0, 0.05) is 31.9 Å². The number of carbonyl (C=O) groups excluding carboxylic acids is 1. The van der Waals surface area contributed by atoms with Crippen LogP contribution in [-0.4, -0.2) is 35.0 Å². The zero-order valence-electron chi connectivity index (χ0n) is 10.6. The Balaban J connectivity index is 0.00000162. The van der Waals surface area contributed by atoms with Crippen molar-refractivity contribution in [2.24, 2.45) is 5.73 Å². The summed E-state index contributed by atoms with van der Waals surface area (Å²) in [6.45, 7) is 2.83. The van der Waals surface area contributed by atoms with Crippen LogP contribution in [0.1, 0.15) is 18.5 Å². The molecule has 1 fully saturated rings. The van der Waals surface area contributed by atoms with E-state index in [4.69, 9.17) is 5.73 Å². The predicted molar refractivity (Wildman–Crippen MR) is 79.8 cm³/mol. The number of halogens is 2. The molecule has 3 N–H and O–H groups in total. The Morgan fingerprint density at radius 2 is 2.05 bits per heavy atom. The molecule has 1 aliphatic rings. The number of nitrogens with zero attached hydrogens (tertiary/aromatic N) is 2. The summed E-state index contributed by atoms with van der Waals surface area (Å²) < 4.78 is 0. The minimum atomic E-state index is -0.423. The van der Waals surface area contributed by atoms with E-state index in [1.54, 1.807) is 0 Å². The fraction of sp³-hybridized carbons (Fsp3) is 0.500. The summed E-state index contributed by atoms with van der Waals surface area (Å²) in [5, 5.41) is 2.76. The van der Waals surface area contributed by atoms with Gasteiger partial charge >= 0.3 is 6.03 Å². The van der Waals surface area contributed by atoms with Gasteiger partial charge in [0.2, 0.25) is 0 Å². The molecule has 2 heterocycles. The van der Waals surface area contributed by atoms with Gasteiger partial charge in [-0.2, -0.15) is 0 Å². The van der Waals surface area contributed by atoms with E-state index in [1.807, 2.05) is 24.4 Å². The molecule has 0 spiro atoms. The van der Waals surface area contributed by atoms with Gasteiger partial charge in [-0.3, -0.25) is 9.88 Å². The molecule has 0 saturated carbocycles. The summed E-state index contributed by atoms with van der Waals surface area (Å²) in [6, 6.07) is 5.77. The van der Waals surface area contributed by atoms with Crippen molar-refractivity contribution in [3.8, 4) is 0 Å². The molecule has 19 heavy (non-hydrogen) atoms. The number of nitrogens with two attached hydrogens (primary N) is 1. The normalized spacial score (nSPS) is 16.0. The maximum atomic E-state index is 10.7. The van der Waals surface area contributed by atoms with E-state index in [1.165, 1.54) is 0 Å². The largest absolute Gasteiger partial charge is 0.352 e. The average Bonchev–Trinajstić information content (AvgIpc) is 2.32. The standard InChI is InChI=1S/C12H18N4O.2ClH/c13-12(17)15-10-4-7-16(8-5-10)9-11-3-1-2-6-14-11;;/h1-3,6,10H,4-5,7-9H2,(H3,13,15,17);2*1H. The molecule has 0 atom stereocenters. The topological polar surface area (TPSA) is 71.2 Å². The number of hydrogen-bond acceptors (Lipinski definition) is 3. The molecule has 1 aromatic heterocycles. The second-order valence-electron chi connectivity index (χ2n) is 4.38. The van der Waals surface area contributed by atoms with Crippen molar-refractivity contribution >= 4 is 30.8 Å². The Hall–Kier alpha value is -1.04. The summed E-state index contributed by atoms with van der Waals surface area (Å²) in [4.78, 5) is 17.4. The third-order valence-corrected chi connectivity index (χ3v) is 3.05. The minimum Gasteiger partial charge on any atom is -0.352 e. The van der Waals surface area contributed by atoms with E-state index in [2.05, 4.69) is 15.2 Å². The van der Waals surface area contributed by atoms with Crippen LogP contribution >= 0.6 is 24.8 Å². The lowest BCUT2D eigenvalue weighted by molar-refractivity contribution is 0.187. The van der Waals surface area contributed by atoms with Crippen LogP contribution in [0.3, 0.4) is 0 Å². The highest BCUT2D eigenvalue weighted by Crippen LogP contribution is 2.12. The van der Waals surface area contributed by atoms with Crippen LogP contribution in [0.15, 0.2) is 24.4 Å². The number of rotatable bonds is 3. The lowest BCUT2D eigenvalue weighted by Gasteiger charge is -2.31. The van der Waals surface area contributed by atoms with Crippen LogP contribution in [0, 0.1) is 0 Å². The molecule has 108 valence electrons. The molecule has 2 rings (SSSR count). The number of urea groups is 1. The van der Waals surface area contributed by atoms with E-state index in [0.29, 0.717) is 0 Å². The number of carbonyl (C=O) groups is 1. The molecule has 7 heteroatoms. The highest BCUT2D eigenvalue weighted by molar-refractivity contribution is 5.85. The molecule has 1 aromatic rings. The van der Waals surface area contributed by atoms with Crippen LogP contribution in [0.5, 0.6) is 0 Å². The zero-order chi connectivity index (χ0) is 12.1. The minimum absolute atomic E-state index is 0. The fourth-order valence-corrected chi connectivity index (χ4v) is 2.16. The van der Waals surface area contributed by atoms with Gasteiger partial charge in [-0.1, -0.05) is 6.07 Å². The molecule has 5 nitrogen and oxygen atoms in total. The number of nitrogens with one attached hydrogen (secondary N) is 1. The van der Waals surface area contributed by atoms with E-state index >= 15 is 0 Å². The Morgan fingerprint density at radius 1 is 1.37 bits per heavy atom. The van der Waals surface area contributed by atoms with E-state index < -0.39 is 6.03 Å². The third-order valence-electron chi connectivity index (χ3n) is 3.05. The Kier molecular flexibility index (Phi) is 8.47. The maximum absolute atomic E-state index is 10.7. The average molecular weight is 307 g/mol. The Bertz CT molecular complexity index is 369. The molecule has 0 radical (unpaired) electrons. The SMILES string of the molecule is Cl.Cl.NC(=O)NC1CCN(Cc2ccccn2)CC1. The molecule has 0 aromatic carbocycles. The number of aromatic nitrogens is 1. The molecular formula is C12H20Cl2N4O. The van der Waals surface area contributed by atoms with Crippen LogP contribution in [0.4, 0.5) is 4.79 Å². The second-order valence-corrected chi connectivity index (χ2v) is 4.38. The third kappa shape index (κ3) is 6.09. The van der Waals surface area contributed by atoms with Crippen LogP contribution < -0.4 is 11.1 Å². The van der Waals surface area contributed by atoms with Crippen molar-refractivity contribution in [2.75, 3.05) is 13.1 Å². The molecule has 1 saturated heterocycles. The quantitative estimate of drug-likeness (QED) is 0.890. The van der Waals surface area contributed by atoms with Gasteiger partial charge in [-0.15, -0.1) is 24.8 Å². The highest BCUT2D eigenvalue weighted by atomic mass is 35.5. The summed E-state index contributed by atoms with van der Waals surface area (Å²) in [6.07, 6.45) is 3.72. The maximum Gasteiger partial charge on any atom is 0.312 e. The van der Waals surface area contributed by atoms with Gasteiger partial charge in [0.15, 0.2) is 0 Å². The molecule has 0 aliphatic carbocycles. The number of pyridine rings is 1. The summed E-state index contributed by atoms with van der Waals surface area (Å²) >= 11 is 0.